The van der Waals surface area contributed by atoms with Crippen LogP contribution in [0.1, 0.15) is 10.4 Å². The van der Waals surface area contributed by atoms with Gasteiger partial charge < -0.3 is 0 Å². The molecule has 0 radical (unpaired) electrons. The first-order chi connectivity index (χ1) is 12.8. The Hall–Kier alpha value is -2.33. The van der Waals surface area contributed by atoms with Crippen LogP contribution in [0.4, 0.5) is 9.52 Å². The van der Waals surface area contributed by atoms with E-state index in [9.17, 15) is 17.6 Å². The highest BCUT2D eigenvalue weighted by atomic mass is 35.5. The minimum Gasteiger partial charge on any atom is -0.298 e. The van der Waals surface area contributed by atoms with Crippen LogP contribution in [0.3, 0.4) is 0 Å². The molecule has 27 heavy (non-hydrogen) atoms. The second-order valence-electron chi connectivity index (χ2n) is 5.35. The molecule has 0 aliphatic heterocycles. The molecule has 2 aromatic carbocycles. The Balaban J connectivity index is 1.84. The molecule has 1 aromatic heterocycles. The van der Waals surface area contributed by atoms with Crippen LogP contribution in [-0.2, 0) is 10.0 Å². The minimum atomic E-state index is -3.71. The summed E-state index contributed by atoms with van der Waals surface area (Å²) in [5.74, 6) is -0.943. The van der Waals surface area contributed by atoms with Crippen molar-refractivity contribution < 1.29 is 17.6 Å². The molecule has 3 aromatic rings. The van der Waals surface area contributed by atoms with E-state index in [1.165, 1.54) is 48.7 Å². The van der Waals surface area contributed by atoms with Gasteiger partial charge in [0.15, 0.2) is 5.13 Å². The molecule has 0 unspecified atom stereocenters. The van der Waals surface area contributed by atoms with Gasteiger partial charge in [0.2, 0.25) is 10.0 Å². The molecule has 6 nitrogen and oxygen atoms in total. The van der Waals surface area contributed by atoms with Gasteiger partial charge in [-0.3, -0.25) is 10.1 Å². The van der Waals surface area contributed by atoms with E-state index in [0.717, 1.165) is 0 Å². The number of carbonyl (C=O) groups is 1. The highest BCUT2D eigenvalue weighted by Crippen LogP contribution is 2.27. The molecule has 2 N–H and O–H groups in total. The number of nitrogens with one attached hydrogen (secondary N) is 2. The van der Waals surface area contributed by atoms with E-state index >= 15 is 0 Å². The van der Waals surface area contributed by atoms with E-state index in [-0.39, 0.29) is 21.3 Å². The fraction of sp³-hybridized carbons (Fsp3) is 0.0588. The summed E-state index contributed by atoms with van der Waals surface area (Å²) in [5.41, 5.74) is 1.28. The van der Waals surface area contributed by atoms with Crippen molar-refractivity contribution in [3.8, 4) is 11.3 Å². The average Bonchev–Trinajstić information content (AvgIpc) is 3.10. The summed E-state index contributed by atoms with van der Waals surface area (Å²) in [5, 5.41) is 4.72. The number of hydrogen-bond acceptors (Lipinski definition) is 5. The number of thiazole rings is 1. The zero-order chi connectivity index (χ0) is 19.6. The number of benzene rings is 2. The van der Waals surface area contributed by atoms with Gasteiger partial charge in [0.05, 0.1) is 21.2 Å². The molecule has 1 heterocycles. The Kier molecular flexibility index (Phi) is 5.56. The summed E-state index contributed by atoms with van der Waals surface area (Å²) in [6.45, 7) is 0. The topological polar surface area (TPSA) is 88.2 Å². The predicted molar refractivity (Wildman–Crippen MR) is 103 cm³/mol. The number of rotatable bonds is 5. The van der Waals surface area contributed by atoms with Crippen molar-refractivity contribution in [1.82, 2.24) is 9.71 Å². The van der Waals surface area contributed by atoms with Crippen LogP contribution in [0.2, 0.25) is 5.02 Å². The van der Waals surface area contributed by atoms with Crippen LogP contribution in [0, 0.1) is 5.82 Å². The number of hydrogen-bond donors (Lipinski definition) is 2. The Morgan fingerprint density at radius 2 is 1.89 bits per heavy atom. The van der Waals surface area contributed by atoms with Gasteiger partial charge in [-0.2, -0.15) is 0 Å². The van der Waals surface area contributed by atoms with Gasteiger partial charge in [-0.15, -0.1) is 11.3 Å². The fourth-order valence-electron chi connectivity index (χ4n) is 2.21. The van der Waals surface area contributed by atoms with Crippen LogP contribution < -0.4 is 10.0 Å². The van der Waals surface area contributed by atoms with Crippen LogP contribution in [-0.4, -0.2) is 26.4 Å². The molecular weight excluding hydrogens is 413 g/mol. The van der Waals surface area contributed by atoms with Gasteiger partial charge in [0, 0.05) is 10.9 Å². The van der Waals surface area contributed by atoms with E-state index < -0.39 is 15.9 Å². The average molecular weight is 426 g/mol. The second kappa shape index (κ2) is 7.73. The maximum Gasteiger partial charge on any atom is 0.259 e. The normalized spacial score (nSPS) is 11.4. The zero-order valence-corrected chi connectivity index (χ0v) is 16.3. The minimum absolute atomic E-state index is 0.00604. The third kappa shape index (κ3) is 4.33. The molecule has 0 spiro atoms. The highest BCUT2D eigenvalue weighted by molar-refractivity contribution is 7.89. The molecule has 0 saturated heterocycles. The lowest BCUT2D eigenvalue weighted by Gasteiger charge is -2.07. The third-order valence-electron chi connectivity index (χ3n) is 3.63. The molecule has 10 heteroatoms. The van der Waals surface area contributed by atoms with E-state index in [1.807, 2.05) is 0 Å². The van der Waals surface area contributed by atoms with Crippen LogP contribution >= 0.6 is 22.9 Å². The summed E-state index contributed by atoms with van der Waals surface area (Å²) >= 11 is 7.22. The van der Waals surface area contributed by atoms with Crippen molar-refractivity contribution in [3.05, 3.63) is 64.2 Å². The zero-order valence-electron chi connectivity index (χ0n) is 13.9. The lowest BCUT2D eigenvalue weighted by molar-refractivity contribution is 0.102. The van der Waals surface area contributed by atoms with E-state index in [4.69, 9.17) is 11.6 Å². The van der Waals surface area contributed by atoms with Gasteiger partial charge in [-0.1, -0.05) is 11.6 Å². The van der Waals surface area contributed by atoms with Crippen LogP contribution in [0.5, 0.6) is 0 Å². The van der Waals surface area contributed by atoms with Crippen molar-refractivity contribution in [1.29, 1.82) is 0 Å². The molecule has 0 aliphatic carbocycles. The number of sulfonamides is 1. The third-order valence-corrected chi connectivity index (χ3v) is 6.13. The largest absolute Gasteiger partial charge is 0.298 e. The van der Waals surface area contributed by atoms with E-state index in [1.54, 1.807) is 17.5 Å². The molecule has 3 rings (SSSR count). The van der Waals surface area contributed by atoms with Gasteiger partial charge in [0.1, 0.15) is 5.82 Å². The first-order valence-corrected chi connectivity index (χ1v) is 10.3. The molecule has 0 aliphatic rings. The molecular formula is C17H13ClFN3O3S2. The summed E-state index contributed by atoms with van der Waals surface area (Å²) in [6.07, 6.45) is 0. The van der Waals surface area contributed by atoms with Gasteiger partial charge in [-0.05, 0) is 49.5 Å². The first kappa shape index (κ1) is 19.4. The maximum absolute atomic E-state index is 13.0. The Bertz CT molecular complexity index is 1100. The van der Waals surface area contributed by atoms with Crippen molar-refractivity contribution in [2.45, 2.75) is 4.90 Å². The van der Waals surface area contributed by atoms with Crippen LogP contribution in [0.15, 0.2) is 52.7 Å². The number of carbonyl (C=O) groups excluding carboxylic acids is 1. The summed E-state index contributed by atoms with van der Waals surface area (Å²) < 4.78 is 39.0. The second-order valence-corrected chi connectivity index (χ2v) is 8.50. The van der Waals surface area contributed by atoms with E-state index in [2.05, 4.69) is 15.0 Å². The van der Waals surface area contributed by atoms with Gasteiger partial charge in [-0.25, -0.2) is 22.5 Å². The Morgan fingerprint density at radius 1 is 1.19 bits per heavy atom. The van der Waals surface area contributed by atoms with Gasteiger partial charge in [0.25, 0.3) is 5.91 Å². The van der Waals surface area contributed by atoms with Crippen molar-refractivity contribution >= 4 is 44.0 Å². The molecule has 0 atom stereocenters. The lowest BCUT2D eigenvalue weighted by Crippen LogP contribution is -2.20. The van der Waals surface area contributed by atoms with Crippen LogP contribution in [0.25, 0.3) is 11.3 Å². The SMILES string of the molecule is CNS(=O)(=O)c1ccc(Cl)c(C(=O)Nc2nc(-c3ccc(F)cc3)cs2)c1. The van der Waals surface area contributed by atoms with E-state index in [0.29, 0.717) is 16.4 Å². The Labute approximate surface area is 164 Å². The van der Waals surface area contributed by atoms with Gasteiger partial charge >= 0.3 is 0 Å². The number of halogens is 2. The molecule has 0 saturated carbocycles. The molecule has 1 amide bonds. The monoisotopic (exact) mass is 425 g/mol. The first-order valence-electron chi connectivity index (χ1n) is 7.56. The van der Waals surface area contributed by atoms with Crippen molar-refractivity contribution in [2.24, 2.45) is 0 Å². The maximum atomic E-state index is 13.0. The number of anilines is 1. The quantitative estimate of drug-likeness (QED) is 0.651. The standard InChI is InChI=1S/C17H13ClFN3O3S2/c1-20-27(24,25)12-6-7-14(18)13(8-12)16(23)22-17-21-15(9-26-17)10-2-4-11(19)5-3-10/h2-9,20H,1H3,(H,21,22,23). The molecule has 0 fully saturated rings. The predicted octanol–water partition coefficient (Wildman–Crippen LogP) is 3.76. The van der Waals surface area contributed by atoms with Crippen molar-refractivity contribution in [2.75, 3.05) is 12.4 Å². The summed E-state index contributed by atoms with van der Waals surface area (Å²) in [6, 6.07) is 9.64. The fourth-order valence-corrected chi connectivity index (χ4v) is 3.89. The lowest BCUT2D eigenvalue weighted by atomic mass is 10.2. The summed E-state index contributed by atoms with van der Waals surface area (Å²) in [4.78, 5) is 16.7. The number of amides is 1. The Morgan fingerprint density at radius 3 is 2.56 bits per heavy atom. The smallest absolute Gasteiger partial charge is 0.259 e. The molecule has 0 bridgehead atoms. The van der Waals surface area contributed by atoms with Crippen molar-refractivity contribution in [3.63, 3.8) is 0 Å². The summed E-state index contributed by atoms with van der Waals surface area (Å²) in [7, 11) is -2.44. The highest BCUT2D eigenvalue weighted by Gasteiger charge is 2.18. The molecule has 140 valence electrons. The number of nitrogens with zero attached hydrogens (tertiary/aromatic N) is 1. The number of aromatic nitrogens is 1.